The number of anilines is 1. The minimum absolute atomic E-state index is 0.0544. The summed E-state index contributed by atoms with van der Waals surface area (Å²) < 4.78 is 30.4. The lowest BCUT2D eigenvalue weighted by Gasteiger charge is -2.24. The van der Waals surface area contributed by atoms with Crippen LogP contribution in [0.1, 0.15) is 5.56 Å². The fourth-order valence-corrected chi connectivity index (χ4v) is 8.01. The van der Waals surface area contributed by atoms with Crippen LogP contribution in [0.2, 0.25) is 0 Å². The summed E-state index contributed by atoms with van der Waals surface area (Å²) in [5, 5.41) is 0.413. The van der Waals surface area contributed by atoms with Crippen molar-refractivity contribution in [2.75, 3.05) is 16.4 Å². The van der Waals surface area contributed by atoms with Crippen molar-refractivity contribution >= 4 is 38.4 Å². The highest BCUT2D eigenvalue weighted by Gasteiger charge is 2.49. The van der Waals surface area contributed by atoms with Gasteiger partial charge < -0.3 is 9.64 Å². The van der Waals surface area contributed by atoms with Crippen LogP contribution in [0.5, 0.6) is 11.5 Å². The van der Waals surface area contributed by atoms with Crippen LogP contribution in [0.15, 0.2) is 89.9 Å². The van der Waals surface area contributed by atoms with Crippen LogP contribution in [0.3, 0.4) is 0 Å². The van der Waals surface area contributed by atoms with Crippen LogP contribution in [-0.2, 0) is 21.1 Å². The van der Waals surface area contributed by atoms with Crippen molar-refractivity contribution < 1.29 is 17.9 Å². The number of para-hydroxylation sites is 1. The highest BCUT2D eigenvalue weighted by Crippen LogP contribution is 2.41. The van der Waals surface area contributed by atoms with Gasteiger partial charge in [-0.15, -0.1) is 0 Å². The molecule has 6 nitrogen and oxygen atoms in total. The van der Waals surface area contributed by atoms with Gasteiger partial charge in [0.05, 0.1) is 24.0 Å². The monoisotopic (exact) mass is 478 g/mol. The van der Waals surface area contributed by atoms with Crippen molar-refractivity contribution in [2.24, 2.45) is 4.99 Å². The van der Waals surface area contributed by atoms with Crippen LogP contribution >= 0.6 is 11.8 Å². The second-order valence-corrected chi connectivity index (χ2v) is 11.4. The lowest BCUT2D eigenvalue weighted by molar-refractivity contribution is -0.117. The van der Waals surface area contributed by atoms with Gasteiger partial charge in [0.25, 0.3) is 5.91 Å². The molecule has 2 atom stereocenters. The van der Waals surface area contributed by atoms with Gasteiger partial charge in [-0.2, -0.15) is 4.99 Å². The van der Waals surface area contributed by atoms with Crippen LogP contribution < -0.4 is 9.64 Å². The first-order valence-corrected chi connectivity index (χ1v) is 13.3. The van der Waals surface area contributed by atoms with E-state index in [9.17, 15) is 13.2 Å². The zero-order chi connectivity index (χ0) is 22.8. The van der Waals surface area contributed by atoms with Crippen molar-refractivity contribution in [2.45, 2.75) is 17.7 Å². The second-order valence-electron chi connectivity index (χ2n) is 8.03. The second kappa shape index (κ2) is 9.03. The summed E-state index contributed by atoms with van der Waals surface area (Å²) in [6, 6.07) is 26.1. The van der Waals surface area contributed by atoms with Crippen molar-refractivity contribution in [3.05, 3.63) is 90.5 Å². The number of rotatable bonds is 5. The van der Waals surface area contributed by atoms with Gasteiger partial charge in [-0.25, -0.2) is 8.42 Å². The molecule has 8 heteroatoms. The minimum atomic E-state index is -3.12. The lowest BCUT2D eigenvalue weighted by Crippen LogP contribution is -2.37. The summed E-state index contributed by atoms with van der Waals surface area (Å²) in [4.78, 5) is 19.0. The minimum Gasteiger partial charge on any atom is -0.457 e. The van der Waals surface area contributed by atoms with E-state index in [1.807, 2.05) is 89.8 Å². The maximum atomic E-state index is 12.7. The van der Waals surface area contributed by atoms with Gasteiger partial charge in [0, 0.05) is 10.9 Å². The summed E-state index contributed by atoms with van der Waals surface area (Å²) in [5.41, 5.74) is 1.69. The van der Waals surface area contributed by atoms with Crippen LogP contribution in [0, 0.1) is 0 Å². The molecule has 0 aliphatic carbocycles. The summed E-state index contributed by atoms with van der Waals surface area (Å²) in [6.45, 7) is 0. The van der Waals surface area contributed by atoms with Gasteiger partial charge in [-0.05, 0) is 42.0 Å². The van der Waals surface area contributed by atoms with Crippen molar-refractivity contribution in [1.82, 2.24) is 0 Å². The Morgan fingerprint density at radius 2 is 1.55 bits per heavy atom. The smallest absolute Gasteiger partial charge is 0.252 e. The Kier molecular flexibility index (Phi) is 5.95. The van der Waals surface area contributed by atoms with E-state index in [0.717, 1.165) is 17.0 Å². The zero-order valence-electron chi connectivity index (χ0n) is 17.7. The highest BCUT2D eigenvalue weighted by atomic mass is 32.2. The predicted molar refractivity (Wildman–Crippen MR) is 132 cm³/mol. The number of aliphatic imine (C=N–C) groups is 1. The number of benzene rings is 3. The fraction of sp³-hybridized carbons (Fsp3) is 0.200. The van der Waals surface area contributed by atoms with E-state index in [-0.39, 0.29) is 35.1 Å². The predicted octanol–water partition coefficient (Wildman–Crippen LogP) is 4.32. The first kappa shape index (κ1) is 21.7. The molecule has 2 saturated heterocycles. The lowest BCUT2D eigenvalue weighted by atomic mass is 10.1. The molecule has 0 spiro atoms. The average molecular weight is 479 g/mol. The van der Waals surface area contributed by atoms with Crippen molar-refractivity contribution in [3.63, 3.8) is 0 Å². The molecule has 0 unspecified atom stereocenters. The summed E-state index contributed by atoms with van der Waals surface area (Å²) in [5.74, 6) is 1.31. The van der Waals surface area contributed by atoms with Crippen LogP contribution in [0.4, 0.5) is 5.69 Å². The zero-order valence-corrected chi connectivity index (χ0v) is 19.3. The van der Waals surface area contributed by atoms with Crippen molar-refractivity contribution in [1.29, 1.82) is 0 Å². The molecule has 33 heavy (non-hydrogen) atoms. The molecule has 3 aromatic carbocycles. The maximum Gasteiger partial charge on any atom is 0.252 e. The summed E-state index contributed by atoms with van der Waals surface area (Å²) >= 11 is 1.38. The molecule has 0 bridgehead atoms. The first-order chi connectivity index (χ1) is 16.0. The molecule has 0 saturated carbocycles. The Labute approximate surface area is 197 Å². The number of carbonyl (C=O) groups excluding carboxylic acids is 1. The molecule has 5 rings (SSSR count). The SMILES string of the molecule is O=C(Cc1ccccc1)N=C1S[C@@H]2CS(=O)(=O)C[C@H]2N1c1ccc(Oc2ccccc2)cc1. The van der Waals surface area contributed by atoms with E-state index in [0.29, 0.717) is 10.9 Å². The third-order valence-corrected chi connectivity index (χ3v) is 8.79. The topological polar surface area (TPSA) is 76.0 Å². The third kappa shape index (κ3) is 4.96. The summed E-state index contributed by atoms with van der Waals surface area (Å²) in [7, 11) is -3.12. The normalized spacial score (nSPS) is 22.3. The molecule has 2 aliphatic heterocycles. The Hall–Kier alpha value is -3.10. The Morgan fingerprint density at radius 3 is 2.24 bits per heavy atom. The number of carbonyl (C=O) groups is 1. The van der Waals surface area contributed by atoms with Gasteiger partial charge in [0.2, 0.25) is 0 Å². The first-order valence-electron chi connectivity index (χ1n) is 10.6. The van der Waals surface area contributed by atoms with Gasteiger partial charge in [0.1, 0.15) is 11.5 Å². The standard InChI is InChI=1S/C25H22N2O4S2/c28-24(15-18-7-3-1-4-8-18)26-25-27(22-16-33(29,30)17-23(22)32-25)19-11-13-21(14-12-19)31-20-9-5-2-6-10-20/h1-14,22-23H,15-17H2/t22-,23-/m1/s1. The maximum absolute atomic E-state index is 12.7. The molecular formula is C25H22N2O4S2. The van der Waals surface area contributed by atoms with E-state index in [1.165, 1.54) is 11.8 Å². The molecule has 3 aromatic rings. The van der Waals surface area contributed by atoms with Crippen LogP contribution in [0.25, 0.3) is 0 Å². The quantitative estimate of drug-likeness (QED) is 0.544. The highest BCUT2D eigenvalue weighted by molar-refractivity contribution is 8.16. The number of fused-ring (bicyclic) bond motifs is 1. The van der Waals surface area contributed by atoms with Gasteiger partial charge >= 0.3 is 0 Å². The fourth-order valence-electron chi connectivity index (χ4n) is 4.08. The number of thioether (sulfide) groups is 1. The molecule has 0 radical (unpaired) electrons. The molecule has 168 valence electrons. The average Bonchev–Trinajstić information content (AvgIpc) is 3.26. The number of sulfone groups is 1. The molecule has 0 aromatic heterocycles. The number of hydrogen-bond acceptors (Lipinski definition) is 5. The molecule has 0 N–H and O–H groups in total. The van der Waals surface area contributed by atoms with E-state index in [1.54, 1.807) is 0 Å². The number of ether oxygens (including phenoxy) is 1. The molecule has 2 aliphatic rings. The van der Waals surface area contributed by atoms with Gasteiger partial charge in [-0.3, -0.25) is 4.79 Å². The number of amidine groups is 1. The third-order valence-electron chi connectivity index (χ3n) is 5.58. The molecule has 1 amide bonds. The number of nitrogens with zero attached hydrogens (tertiary/aromatic N) is 2. The Bertz CT molecular complexity index is 1280. The molecule has 2 fully saturated rings. The Balaban J connectivity index is 1.40. The summed E-state index contributed by atoms with van der Waals surface area (Å²) in [6.07, 6.45) is 0.205. The van der Waals surface area contributed by atoms with Gasteiger partial charge in [-0.1, -0.05) is 60.3 Å². The van der Waals surface area contributed by atoms with Crippen molar-refractivity contribution in [3.8, 4) is 11.5 Å². The van der Waals surface area contributed by atoms with E-state index in [2.05, 4.69) is 4.99 Å². The van der Waals surface area contributed by atoms with Gasteiger partial charge in [0.15, 0.2) is 15.0 Å². The molecular weight excluding hydrogens is 456 g/mol. The largest absolute Gasteiger partial charge is 0.457 e. The van der Waals surface area contributed by atoms with E-state index in [4.69, 9.17) is 4.74 Å². The molecule has 2 heterocycles. The Morgan fingerprint density at radius 1 is 0.909 bits per heavy atom. The van der Waals surface area contributed by atoms with E-state index >= 15 is 0 Å². The van der Waals surface area contributed by atoms with Crippen LogP contribution in [-0.4, -0.2) is 42.3 Å². The number of hydrogen-bond donors (Lipinski definition) is 0. The van der Waals surface area contributed by atoms with E-state index < -0.39 is 9.84 Å². The number of amides is 1.